The maximum Gasteiger partial charge on any atom is 0.225 e. The Morgan fingerprint density at radius 3 is 2.37 bits per heavy atom. The van der Waals surface area contributed by atoms with Crippen LogP contribution in [0.25, 0.3) is 0 Å². The molecule has 1 fully saturated rings. The van der Waals surface area contributed by atoms with E-state index < -0.39 is 0 Å². The second kappa shape index (κ2) is 6.57. The second-order valence-electron chi connectivity index (χ2n) is 4.95. The number of piperazine rings is 1. The predicted molar refractivity (Wildman–Crippen MR) is 76.5 cm³/mol. The van der Waals surface area contributed by atoms with Crippen molar-refractivity contribution >= 4 is 11.6 Å². The van der Waals surface area contributed by atoms with Gasteiger partial charge >= 0.3 is 0 Å². The summed E-state index contributed by atoms with van der Waals surface area (Å²) in [6.07, 6.45) is 0.487. The highest BCUT2D eigenvalue weighted by atomic mass is 16.5. The summed E-state index contributed by atoms with van der Waals surface area (Å²) in [5, 5.41) is 0. The van der Waals surface area contributed by atoms with Crippen LogP contribution >= 0.6 is 0 Å². The highest BCUT2D eigenvalue weighted by Crippen LogP contribution is 2.17. The number of nitrogens with zero attached hydrogens (tertiary/aromatic N) is 2. The topological polar surface area (TPSA) is 32.8 Å². The fourth-order valence-electron chi connectivity index (χ4n) is 2.32. The predicted octanol–water partition coefficient (Wildman–Crippen LogP) is 1.68. The van der Waals surface area contributed by atoms with Crippen LogP contribution in [0.3, 0.4) is 0 Å². The summed E-state index contributed by atoms with van der Waals surface area (Å²) in [7, 11) is 1.63. The molecule has 0 bridgehead atoms. The van der Waals surface area contributed by atoms with Gasteiger partial charge in [-0.15, -0.1) is 0 Å². The first kappa shape index (κ1) is 13.9. The molecule has 0 N–H and O–H groups in total. The van der Waals surface area contributed by atoms with Gasteiger partial charge in [0, 0.05) is 39.0 Å². The number of methoxy groups -OCH3 is 1. The van der Waals surface area contributed by atoms with Gasteiger partial charge in [-0.25, -0.2) is 0 Å². The number of carbonyl (C=O) groups excluding carboxylic acids is 1. The molecule has 4 heteroatoms. The fourth-order valence-corrected chi connectivity index (χ4v) is 2.32. The minimum atomic E-state index is 0.199. The molecule has 4 nitrogen and oxygen atoms in total. The summed E-state index contributed by atoms with van der Waals surface area (Å²) in [6.45, 7) is 6.02. The van der Waals surface area contributed by atoms with E-state index in [9.17, 15) is 4.79 Å². The van der Waals surface area contributed by atoms with Crippen molar-refractivity contribution in [1.29, 1.82) is 0 Å². The van der Waals surface area contributed by atoms with Crippen LogP contribution in [0.5, 0.6) is 0 Å². The van der Waals surface area contributed by atoms with Crippen LogP contribution in [0.1, 0.15) is 12.0 Å². The molecule has 0 saturated carbocycles. The third-order valence-electron chi connectivity index (χ3n) is 3.55. The van der Waals surface area contributed by atoms with E-state index in [0.29, 0.717) is 13.0 Å². The molecule has 1 aliphatic heterocycles. The quantitative estimate of drug-likeness (QED) is 0.827. The molecule has 19 heavy (non-hydrogen) atoms. The zero-order chi connectivity index (χ0) is 13.7. The van der Waals surface area contributed by atoms with E-state index in [1.165, 1.54) is 11.3 Å². The van der Waals surface area contributed by atoms with Crippen molar-refractivity contribution in [3.8, 4) is 0 Å². The zero-order valence-corrected chi connectivity index (χ0v) is 11.8. The van der Waals surface area contributed by atoms with E-state index in [2.05, 4.69) is 36.1 Å². The largest absolute Gasteiger partial charge is 0.384 e. The fraction of sp³-hybridized carbons (Fsp3) is 0.533. The summed E-state index contributed by atoms with van der Waals surface area (Å²) in [6, 6.07) is 8.56. The van der Waals surface area contributed by atoms with Crippen LogP contribution in [0.4, 0.5) is 5.69 Å². The number of carbonyl (C=O) groups is 1. The van der Waals surface area contributed by atoms with E-state index in [0.717, 1.165) is 26.2 Å². The first-order valence-corrected chi connectivity index (χ1v) is 6.79. The maximum atomic E-state index is 11.9. The molecule has 0 unspecified atom stereocenters. The number of anilines is 1. The van der Waals surface area contributed by atoms with Gasteiger partial charge in [0.15, 0.2) is 0 Å². The summed E-state index contributed by atoms with van der Waals surface area (Å²) >= 11 is 0. The lowest BCUT2D eigenvalue weighted by molar-refractivity contribution is -0.132. The molecule has 0 aromatic heterocycles. The molecule has 0 aliphatic carbocycles. The highest BCUT2D eigenvalue weighted by molar-refractivity contribution is 5.76. The SMILES string of the molecule is COCCC(=O)N1CCN(c2ccc(C)cc2)CC1. The Bertz CT molecular complexity index is 409. The molecule has 0 spiro atoms. The molecule has 1 aliphatic rings. The first-order valence-electron chi connectivity index (χ1n) is 6.79. The average Bonchev–Trinajstić information content (AvgIpc) is 2.46. The summed E-state index contributed by atoms with van der Waals surface area (Å²) in [5.41, 5.74) is 2.52. The number of ether oxygens (including phenoxy) is 1. The smallest absolute Gasteiger partial charge is 0.225 e. The first-order chi connectivity index (χ1) is 9.20. The Labute approximate surface area is 115 Å². The molecule has 1 saturated heterocycles. The van der Waals surface area contributed by atoms with E-state index in [-0.39, 0.29) is 5.91 Å². The highest BCUT2D eigenvalue weighted by Gasteiger charge is 2.20. The standard InChI is InChI=1S/C15H22N2O2/c1-13-3-5-14(6-4-13)16-8-10-17(11-9-16)15(18)7-12-19-2/h3-6H,7-12H2,1-2H3. The Morgan fingerprint density at radius 2 is 1.79 bits per heavy atom. The molecule has 0 atom stereocenters. The lowest BCUT2D eigenvalue weighted by Crippen LogP contribution is -2.49. The van der Waals surface area contributed by atoms with Gasteiger partial charge in [-0.1, -0.05) is 17.7 Å². The van der Waals surface area contributed by atoms with Crippen LogP contribution in [-0.2, 0) is 9.53 Å². The number of aryl methyl sites for hydroxylation is 1. The lowest BCUT2D eigenvalue weighted by Gasteiger charge is -2.36. The molecule has 1 amide bonds. The Morgan fingerprint density at radius 1 is 1.16 bits per heavy atom. The molecule has 1 heterocycles. The Kier molecular flexibility index (Phi) is 4.80. The maximum absolute atomic E-state index is 11.9. The number of benzene rings is 1. The molecule has 2 rings (SSSR count). The molecule has 1 aromatic carbocycles. The van der Waals surface area contributed by atoms with E-state index in [1.54, 1.807) is 7.11 Å². The van der Waals surface area contributed by atoms with Gasteiger partial charge in [-0.2, -0.15) is 0 Å². The van der Waals surface area contributed by atoms with Crippen LogP contribution in [-0.4, -0.2) is 50.7 Å². The molecule has 0 radical (unpaired) electrons. The van der Waals surface area contributed by atoms with Crippen LogP contribution in [0, 0.1) is 6.92 Å². The van der Waals surface area contributed by atoms with E-state index >= 15 is 0 Å². The molecular formula is C15H22N2O2. The van der Waals surface area contributed by atoms with Crippen molar-refractivity contribution in [2.45, 2.75) is 13.3 Å². The van der Waals surface area contributed by atoms with Crippen molar-refractivity contribution < 1.29 is 9.53 Å². The number of rotatable bonds is 4. The van der Waals surface area contributed by atoms with Crippen molar-refractivity contribution in [3.63, 3.8) is 0 Å². The van der Waals surface area contributed by atoms with E-state index in [1.807, 2.05) is 4.90 Å². The zero-order valence-electron chi connectivity index (χ0n) is 11.8. The van der Waals surface area contributed by atoms with Gasteiger partial charge < -0.3 is 14.5 Å². The number of amides is 1. The van der Waals surface area contributed by atoms with Crippen molar-refractivity contribution in [3.05, 3.63) is 29.8 Å². The molecule has 104 valence electrons. The van der Waals surface area contributed by atoms with Crippen molar-refractivity contribution in [2.24, 2.45) is 0 Å². The monoisotopic (exact) mass is 262 g/mol. The summed E-state index contributed by atoms with van der Waals surface area (Å²) in [4.78, 5) is 16.1. The van der Waals surface area contributed by atoms with E-state index in [4.69, 9.17) is 4.74 Å². The minimum absolute atomic E-state index is 0.199. The lowest BCUT2D eigenvalue weighted by atomic mass is 10.2. The third-order valence-corrected chi connectivity index (χ3v) is 3.55. The normalized spacial score (nSPS) is 15.7. The Hall–Kier alpha value is -1.55. The van der Waals surface area contributed by atoms with Gasteiger partial charge in [-0.3, -0.25) is 4.79 Å². The molecular weight excluding hydrogens is 240 g/mol. The summed E-state index contributed by atoms with van der Waals surface area (Å²) < 4.78 is 4.95. The average molecular weight is 262 g/mol. The number of hydrogen-bond acceptors (Lipinski definition) is 3. The van der Waals surface area contributed by atoms with Gasteiger partial charge in [0.25, 0.3) is 0 Å². The summed E-state index contributed by atoms with van der Waals surface area (Å²) in [5.74, 6) is 0.199. The molecule has 1 aromatic rings. The van der Waals surface area contributed by atoms with Crippen LogP contribution in [0.2, 0.25) is 0 Å². The van der Waals surface area contributed by atoms with Crippen molar-refractivity contribution in [2.75, 3.05) is 44.8 Å². The van der Waals surface area contributed by atoms with Gasteiger partial charge in [-0.05, 0) is 19.1 Å². The van der Waals surface area contributed by atoms with Crippen LogP contribution in [0.15, 0.2) is 24.3 Å². The Balaban J connectivity index is 1.85. The third kappa shape index (κ3) is 3.70. The van der Waals surface area contributed by atoms with Crippen molar-refractivity contribution in [1.82, 2.24) is 4.90 Å². The van der Waals surface area contributed by atoms with Crippen LogP contribution < -0.4 is 4.90 Å². The van der Waals surface area contributed by atoms with Gasteiger partial charge in [0.1, 0.15) is 0 Å². The minimum Gasteiger partial charge on any atom is -0.384 e. The van der Waals surface area contributed by atoms with Gasteiger partial charge in [0.05, 0.1) is 13.0 Å². The van der Waals surface area contributed by atoms with Gasteiger partial charge in [0.2, 0.25) is 5.91 Å². The number of hydrogen-bond donors (Lipinski definition) is 0. The second-order valence-corrected chi connectivity index (χ2v) is 4.95.